The summed E-state index contributed by atoms with van der Waals surface area (Å²) in [5, 5.41) is 3.67. The van der Waals surface area contributed by atoms with Crippen LogP contribution >= 0.6 is 0 Å². The largest absolute Gasteiger partial charge is 0.444 e. The normalized spacial score (nSPS) is 22.3. The maximum absolute atomic E-state index is 5.69. The first-order valence-corrected chi connectivity index (χ1v) is 8.08. The molecule has 2 unspecified atom stereocenters. The van der Waals surface area contributed by atoms with Gasteiger partial charge in [0.1, 0.15) is 5.76 Å². The fourth-order valence-electron chi connectivity index (χ4n) is 3.29. The Morgan fingerprint density at radius 1 is 1.19 bits per heavy atom. The number of aromatic nitrogens is 1. The van der Waals surface area contributed by atoms with E-state index in [1.165, 1.54) is 31.2 Å². The van der Waals surface area contributed by atoms with Crippen molar-refractivity contribution in [2.75, 3.05) is 0 Å². The topological polar surface area (TPSA) is 38.1 Å². The zero-order chi connectivity index (χ0) is 14.5. The molecule has 0 saturated heterocycles. The van der Waals surface area contributed by atoms with E-state index >= 15 is 0 Å². The van der Waals surface area contributed by atoms with E-state index in [0.717, 1.165) is 24.6 Å². The maximum atomic E-state index is 5.69. The molecule has 1 aromatic heterocycles. The van der Waals surface area contributed by atoms with Crippen molar-refractivity contribution >= 4 is 0 Å². The molecule has 2 atom stereocenters. The molecule has 1 aliphatic rings. The van der Waals surface area contributed by atoms with Gasteiger partial charge in [-0.1, -0.05) is 50.1 Å². The lowest BCUT2D eigenvalue weighted by atomic mass is 9.80. The van der Waals surface area contributed by atoms with E-state index < -0.39 is 0 Å². The molecule has 1 fully saturated rings. The standard InChI is InChI=1S/C18H24N2O/c1-2-15-12-20-18(21-15)13-19-17-11-7-6-10-16(17)14-8-4-3-5-9-14/h3-5,8-9,12,16-17,19H,2,6-7,10-11,13H2,1H3. The van der Waals surface area contributed by atoms with Crippen LogP contribution in [0.1, 0.15) is 55.7 Å². The van der Waals surface area contributed by atoms with E-state index in [0.29, 0.717) is 12.0 Å². The summed E-state index contributed by atoms with van der Waals surface area (Å²) in [6.07, 6.45) is 7.90. The van der Waals surface area contributed by atoms with Crippen molar-refractivity contribution in [2.24, 2.45) is 0 Å². The fraction of sp³-hybridized carbons (Fsp3) is 0.500. The van der Waals surface area contributed by atoms with Crippen LogP contribution in [-0.4, -0.2) is 11.0 Å². The molecule has 3 rings (SSSR count). The first-order valence-electron chi connectivity index (χ1n) is 8.08. The number of hydrogen-bond acceptors (Lipinski definition) is 3. The van der Waals surface area contributed by atoms with Crippen LogP contribution in [0.15, 0.2) is 40.9 Å². The Balaban J connectivity index is 1.64. The average Bonchev–Trinajstić information content (AvgIpc) is 3.02. The average molecular weight is 284 g/mol. The third-order valence-electron chi connectivity index (χ3n) is 4.46. The van der Waals surface area contributed by atoms with E-state index in [4.69, 9.17) is 4.42 Å². The number of hydrogen-bond donors (Lipinski definition) is 1. The van der Waals surface area contributed by atoms with Gasteiger partial charge in [-0.05, 0) is 24.3 Å². The summed E-state index contributed by atoms with van der Waals surface area (Å²) in [6.45, 7) is 2.82. The van der Waals surface area contributed by atoms with E-state index in [9.17, 15) is 0 Å². The van der Waals surface area contributed by atoms with Crippen molar-refractivity contribution in [3.63, 3.8) is 0 Å². The molecule has 1 aliphatic carbocycles. The molecule has 0 amide bonds. The van der Waals surface area contributed by atoms with Crippen molar-refractivity contribution in [3.05, 3.63) is 53.7 Å². The summed E-state index contributed by atoms with van der Waals surface area (Å²) in [5.41, 5.74) is 1.45. The van der Waals surface area contributed by atoms with Crippen LogP contribution < -0.4 is 5.32 Å². The van der Waals surface area contributed by atoms with E-state index in [-0.39, 0.29) is 0 Å². The third-order valence-corrected chi connectivity index (χ3v) is 4.46. The molecule has 3 nitrogen and oxygen atoms in total. The molecule has 21 heavy (non-hydrogen) atoms. The van der Waals surface area contributed by atoms with E-state index in [1.807, 2.05) is 6.20 Å². The van der Waals surface area contributed by atoms with Gasteiger partial charge in [-0.3, -0.25) is 0 Å². The molecular formula is C18H24N2O. The Morgan fingerprint density at radius 2 is 2.00 bits per heavy atom. The number of rotatable bonds is 5. The van der Waals surface area contributed by atoms with E-state index in [2.05, 4.69) is 47.6 Å². The van der Waals surface area contributed by atoms with Crippen LogP contribution in [0, 0.1) is 0 Å². The second-order valence-electron chi connectivity index (χ2n) is 5.86. The third kappa shape index (κ3) is 3.53. The predicted octanol–water partition coefficient (Wildman–Crippen LogP) is 4.05. The molecule has 2 aromatic rings. The van der Waals surface area contributed by atoms with Crippen molar-refractivity contribution in [3.8, 4) is 0 Å². The van der Waals surface area contributed by atoms with Crippen LogP contribution in [-0.2, 0) is 13.0 Å². The second kappa shape index (κ2) is 6.90. The van der Waals surface area contributed by atoms with Gasteiger partial charge in [0.25, 0.3) is 0 Å². The summed E-state index contributed by atoms with van der Waals surface area (Å²) < 4.78 is 5.69. The lowest BCUT2D eigenvalue weighted by Crippen LogP contribution is -2.36. The van der Waals surface area contributed by atoms with Gasteiger partial charge in [0.05, 0.1) is 12.7 Å². The molecule has 112 valence electrons. The molecule has 0 aliphatic heterocycles. The highest BCUT2D eigenvalue weighted by Gasteiger charge is 2.26. The van der Waals surface area contributed by atoms with Gasteiger partial charge in [0.15, 0.2) is 0 Å². The molecule has 0 spiro atoms. The Labute approximate surface area is 126 Å². The van der Waals surface area contributed by atoms with Crippen molar-refractivity contribution in [2.45, 2.75) is 57.5 Å². The number of aryl methyl sites for hydroxylation is 1. The van der Waals surface area contributed by atoms with Crippen molar-refractivity contribution < 1.29 is 4.42 Å². The van der Waals surface area contributed by atoms with Crippen molar-refractivity contribution in [1.29, 1.82) is 0 Å². The van der Waals surface area contributed by atoms with Crippen LogP contribution in [0.4, 0.5) is 0 Å². The molecule has 1 saturated carbocycles. The molecule has 1 N–H and O–H groups in total. The van der Waals surface area contributed by atoms with Gasteiger partial charge in [-0.2, -0.15) is 0 Å². The number of benzene rings is 1. The Hall–Kier alpha value is -1.61. The molecule has 0 radical (unpaired) electrons. The summed E-state index contributed by atoms with van der Waals surface area (Å²) in [5.74, 6) is 2.39. The van der Waals surface area contributed by atoms with Gasteiger partial charge < -0.3 is 9.73 Å². The maximum Gasteiger partial charge on any atom is 0.208 e. The molecular weight excluding hydrogens is 260 g/mol. The molecule has 1 heterocycles. The first-order chi connectivity index (χ1) is 10.4. The minimum atomic E-state index is 0.526. The first kappa shape index (κ1) is 14.3. The van der Waals surface area contributed by atoms with Gasteiger partial charge in [-0.25, -0.2) is 4.98 Å². The van der Waals surface area contributed by atoms with Gasteiger partial charge in [-0.15, -0.1) is 0 Å². The zero-order valence-corrected chi connectivity index (χ0v) is 12.7. The minimum absolute atomic E-state index is 0.526. The van der Waals surface area contributed by atoms with Crippen LogP contribution in [0.2, 0.25) is 0 Å². The lowest BCUT2D eigenvalue weighted by molar-refractivity contribution is 0.312. The lowest BCUT2D eigenvalue weighted by Gasteiger charge is -2.32. The second-order valence-corrected chi connectivity index (χ2v) is 5.86. The Kier molecular flexibility index (Phi) is 4.71. The smallest absolute Gasteiger partial charge is 0.208 e. The molecule has 0 bridgehead atoms. The van der Waals surface area contributed by atoms with Crippen LogP contribution in [0.5, 0.6) is 0 Å². The van der Waals surface area contributed by atoms with Crippen LogP contribution in [0.25, 0.3) is 0 Å². The molecule has 1 aromatic carbocycles. The summed E-state index contributed by atoms with van der Waals surface area (Å²) >= 11 is 0. The number of nitrogens with one attached hydrogen (secondary N) is 1. The highest BCUT2D eigenvalue weighted by atomic mass is 16.4. The number of oxazole rings is 1. The van der Waals surface area contributed by atoms with Gasteiger partial charge in [0.2, 0.25) is 5.89 Å². The van der Waals surface area contributed by atoms with Gasteiger partial charge in [0, 0.05) is 12.5 Å². The quantitative estimate of drug-likeness (QED) is 0.900. The highest BCUT2D eigenvalue weighted by molar-refractivity contribution is 5.22. The number of nitrogens with zero attached hydrogens (tertiary/aromatic N) is 1. The SMILES string of the molecule is CCc1cnc(CNC2CCCCC2c2ccccc2)o1. The zero-order valence-electron chi connectivity index (χ0n) is 12.7. The minimum Gasteiger partial charge on any atom is -0.444 e. The van der Waals surface area contributed by atoms with Gasteiger partial charge >= 0.3 is 0 Å². The summed E-state index contributed by atoms with van der Waals surface area (Å²) in [4.78, 5) is 4.34. The summed E-state index contributed by atoms with van der Waals surface area (Å²) in [6, 6.07) is 11.4. The van der Waals surface area contributed by atoms with E-state index in [1.54, 1.807) is 0 Å². The Morgan fingerprint density at radius 3 is 2.76 bits per heavy atom. The highest BCUT2D eigenvalue weighted by Crippen LogP contribution is 2.33. The van der Waals surface area contributed by atoms with Crippen LogP contribution in [0.3, 0.4) is 0 Å². The predicted molar refractivity (Wildman–Crippen MR) is 84.2 cm³/mol. The monoisotopic (exact) mass is 284 g/mol. The fourth-order valence-corrected chi connectivity index (χ4v) is 3.29. The Bertz CT molecular complexity index is 549. The molecule has 3 heteroatoms. The van der Waals surface area contributed by atoms with Crippen molar-refractivity contribution in [1.82, 2.24) is 10.3 Å². The summed E-state index contributed by atoms with van der Waals surface area (Å²) in [7, 11) is 0.